The zero-order valence-corrected chi connectivity index (χ0v) is 14.7. The number of H-pyrrole nitrogens is 1. The van der Waals surface area contributed by atoms with Crippen LogP contribution in [0.1, 0.15) is 0 Å². The average Bonchev–Trinajstić information content (AvgIpc) is 2.70. The molecule has 0 bridgehead atoms. The molecule has 2 N–H and O–H groups in total. The lowest BCUT2D eigenvalue weighted by Crippen LogP contribution is -2.48. The van der Waals surface area contributed by atoms with E-state index in [1.165, 1.54) is 17.1 Å². The molecule has 3 aromatic rings. The number of aliphatic hydroxyl groups excluding tert-OH is 1. The van der Waals surface area contributed by atoms with E-state index in [1.54, 1.807) is 12.3 Å². The minimum absolute atomic E-state index is 0.103. The van der Waals surface area contributed by atoms with E-state index in [2.05, 4.69) is 19.9 Å². The SMILES string of the molecule is O=c1[nH]ccnc1N1CCN(c2ccc3c(=O)n(CCO)cnc3c2)CC1. The number of anilines is 2. The molecule has 0 aliphatic carbocycles. The summed E-state index contributed by atoms with van der Waals surface area (Å²) < 4.78 is 1.41. The van der Waals surface area contributed by atoms with Crippen LogP contribution >= 0.6 is 0 Å². The number of fused-ring (bicyclic) bond motifs is 1. The van der Waals surface area contributed by atoms with Crippen molar-refractivity contribution in [3.63, 3.8) is 0 Å². The highest BCUT2D eigenvalue weighted by Gasteiger charge is 2.20. The first-order valence-corrected chi connectivity index (χ1v) is 8.81. The van der Waals surface area contributed by atoms with Gasteiger partial charge in [0.1, 0.15) is 0 Å². The summed E-state index contributed by atoms with van der Waals surface area (Å²) >= 11 is 0. The Morgan fingerprint density at radius 1 is 1.07 bits per heavy atom. The Bertz CT molecular complexity index is 1070. The van der Waals surface area contributed by atoms with E-state index >= 15 is 0 Å². The van der Waals surface area contributed by atoms with Crippen LogP contribution in [0.25, 0.3) is 10.9 Å². The van der Waals surface area contributed by atoms with Gasteiger partial charge in [0.15, 0.2) is 5.82 Å². The van der Waals surface area contributed by atoms with Gasteiger partial charge in [-0.15, -0.1) is 0 Å². The van der Waals surface area contributed by atoms with Crippen LogP contribution in [0.3, 0.4) is 0 Å². The van der Waals surface area contributed by atoms with E-state index in [4.69, 9.17) is 5.11 Å². The summed E-state index contributed by atoms with van der Waals surface area (Å²) in [7, 11) is 0. The molecule has 9 heteroatoms. The summed E-state index contributed by atoms with van der Waals surface area (Å²) in [6.45, 7) is 2.98. The summed E-state index contributed by atoms with van der Waals surface area (Å²) in [5.74, 6) is 0.446. The zero-order valence-electron chi connectivity index (χ0n) is 14.7. The molecule has 2 aromatic heterocycles. The van der Waals surface area contributed by atoms with Gasteiger partial charge in [0, 0.05) is 44.3 Å². The van der Waals surface area contributed by atoms with Crippen molar-refractivity contribution >= 4 is 22.4 Å². The summed E-state index contributed by atoms with van der Waals surface area (Å²) in [5.41, 5.74) is 1.29. The molecule has 1 aliphatic rings. The topological polar surface area (TPSA) is 107 Å². The van der Waals surface area contributed by atoms with Crippen molar-refractivity contribution in [1.29, 1.82) is 0 Å². The molecular formula is C18H20N6O3. The molecule has 0 atom stereocenters. The second kappa shape index (κ2) is 7.20. The van der Waals surface area contributed by atoms with Gasteiger partial charge in [0.2, 0.25) is 0 Å². The van der Waals surface area contributed by atoms with Gasteiger partial charge in [-0.05, 0) is 18.2 Å². The number of aromatic nitrogens is 4. The lowest BCUT2D eigenvalue weighted by molar-refractivity contribution is 0.274. The second-order valence-electron chi connectivity index (χ2n) is 6.38. The van der Waals surface area contributed by atoms with Crippen molar-refractivity contribution in [3.8, 4) is 0 Å². The van der Waals surface area contributed by atoms with Crippen LogP contribution in [0.15, 0.2) is 46.5 Å². The minimum Gasteiger partial charge on any atom is -0.395 e. The van der Waals surface area contributed by atoms with Gasteiger partial charge in [0.05, 0.1) is 30.4 Å². The summed E-state index contributed by atoms with van der Waals surface area (Å²) in [6.07, 6.45) is 4.58. The fourth-order valence-electron chi connectivity index (χ4n) is 3.36. The molecule has 27 heavy (non-hydrogen) atoms. The minimum atomic E-state index is -0.181. The molecule has 140 valence electrons. The quantitative estimate of drug-likeness (QED) is 0.657. The number of benzene rings is 1. The number of piperazine rings is 1. The number of hydrogen-bond acceptors (Lipinski definition) is 7. The standard InChI is InChI=1S/C18H20N6O3/c25-10-9-24-12-21-15-11-13(1-2-14(15)18(24)27)22-5-7-23(8-6-22)16-17(26)20-4-3-19-16/h1-4,11-12,25H,5-10H2,(H,20,26). The molecular weight excluding hydrogens is 348 g/mol. The highest BCUT2D eigenvalue weighted by atomic mass is 16.3. The number of rotatable bonds is 4. The van der Waals surface area contributed by atoms with E-state index in [-0.39, 0.29) is 24.3 Å². The van der Waals surface area contributed by atoms with Gasteiger partial charge in [-0.2, -0.15) is 0 Å². The van der Waals surface area contributed by atoms with Crippen molar-refractivity contribution in [1.82, 2.24) is 19.5 Å². The fraction of sp³-hybridized carbons (Fsp3) is 0.333. The number of nitrogens with zero attached hydrogens (tertiary/aromatic N) is 5. The van der Waals surface area contributed by atoms with Crippen LogP contribution in [0, 0.1) is 0 Å². The highest BCUT2D eigenvalue weighted by molar-refractivity contribution is 5.81. The van der Waals surface area contributed by atoms with Crippen molar-refractivity contribution in [2.24, 2.45) is 0 Å². The fourth-order valence-corrected chi connectivity index (χ4v) is 3.36. The monoisotopic (exact) mass is 368 g/mol. The van der Waals surface area contributed by atoms with Crippen molar-refractivity contribution < 1.29 is 5.11 Å². The van der Waals surface area contributed by atoms with Crippen molar-refractivity contribution in [2.75, 3.05) is 42.6 Å². The third-order valence-corrected chi connectivity index (χ3v) is 4.78. The summed E-state index contributed by atoms with van der Waals surface area (Å²) in [5, 5.41) is 9.56. The number of nitrogens with one attached hydrogen (secondary N) is 1. The van der Waals surface area contributed by atoms with Crippen LogP contribution in [0.4, 0.5) is 11.5 Å². The Balaban J connectivity index is 1.54. The number of aliphatic hydroxyl groups is 1. The van der Waals surface area contributed by atoms with Gasteiger partial charge in [-0.25, -0.2) is 9.97 Å². The number of aromatic amines is 1. The lowest BCUT2D eigenvalue weighted by atomic mass is 10.2. The lowest BCUT2D eigenvalue weighted by Gasteiger charge is -2.36. The first-order valence-electron chi connectivity index (χ1n) is 8.81. The van der Waals surface area contributed by atoms with Gasteiger partial charge in [-0.1, -0.05) is 0 Å². The molecule has 1 aliphatic heterocycles. The predicted octanol–water partition coefficient (Wildman–Crippen LogP) is -0.201. The summed E-state index contributed by atoms with van der Waals surface area (Å²) in [6, 6.07) is 5.60. The second-order valence-corrected chi connectivity index (χ2v) is 6.38. The Morgan fingerprint density at radius 2 is 1.85 bits per heavy atom. The Hall–Kier alpha value is -3.20. The van der Waals surface area contributed by atoms with E-state index < -0.39 is 0 Å². The third kappa shape index (κ3) is 3.28. The van der Waals surface area contributed by atoms with Crippen LogP contribution in [-0.2, 0) is 6.54 Å². The first-order chi connectivity index (χ1) is 13.2. The number of hydrogen-bond donors (Lipinski definition) is 2. The molecule has 0 unspecified atom stereocenters. The van der Waals surface area contributed by atoms with Crippen LogP contribution < -0.4 is 20.9 Å². The molecule has 1 saturated heterocycles. The molecule has 0 spiro atoms. The maximum absolute atomic E-state index is 12.4. The van der Waals surface area contributed by atoms with E-state index in [1.807, 2.05) is 17.0 Å². The van der Waals surface area contributed by atoms with E-state index in [0.29, 0.717) is 29.8 Å². The van der Waals surface area contributed by atoms with Gasteiger partial charge < -0.3 is 19.9 Å². The first kappa shape index (κ1) is 17.2. The smallest absolute Gasteiger partial charge is 0.290 e. The van der Waals surface area contributed by atoms with Gasteiger partial charge in [0.25, 0.3) is 11.1 Å². The zero-order chi connectivity index (χ0) is 18.8. The molecule has 0 radical (unpaired) electrons. The average molecular weight is 368 g/mol. The van der Waals surface area contributed by atoms with Crippen LogP contribution in [-0.4, -0.2) is 57.4 Å². The molecule has 0 amide bonds. The molecule has 4 rings (SSSR count). The van der Waals surface area contributed by atoms with Crippen LogP contribution in [0.5, 0.6) is 0 Å². The normalized spacial score (nSPS) is 14.7. The maximum Gasteiger partial charge on any atom is 0.290 e. The Labute approximate surface area is 154 Å². The molecule has 1 aromatic carbocycles. The van der Waals surface area contributed by atoms with E-state index in [9.17, 15) is 9.59 Å². The van der Waals surface area contributed by atoms with Crippen molar-refractivity contribution in [3.05, 3.63) is 57.6 Å². The molecule has 1 fully saturated rings. The van der Waals surface area contributed by atoms with E-state index in [0.717, 1.165) is 18.8 Å². The van der Waals surface area contributed by atoms with Gasteiger partial charge in [-0.3, -0.25) is 14.2 Å². The third-order valence-electron chi connectivity index (χ3n) is 4.78. The largest absolute Gasteiger partial charge is 0.395 e. The highest BCUT2D eigenvalue weighted by Crippen LogP contribution is 2.21. The molecule has 9 nitrogen and oxygen atoms in total. The Kier molecular flexibility index (Phi) is 4.59. The molecule has 3 heterocycles. The van der Waals surface area contributed by atoms with Crippen molar-refractivity contribution in [2.45, 2.75) is 6.54 Å². The predicted molar refractivity (Wildman–Crippen MR) is 102 cm³/mol. The maximum atomic E-state index is 12.4. The Morgan fingerprint density at radius 3 is 2.59 bits per heavy atom. The molecule has 0 saturated carbocycles. The summed E-state index contributed by atoms with van der Waals surface area (Å²) in [4.78, 5) is 39.6. The van der Waals surface area contributed by atoms with Gasteiger partial charge >= 0.3 is 0 Å². The van der Waals surface area contributed by atoms with Crippen LogP contribution in [0.2, 0.25) is 0 Å².